The summed E-state index contributed by atoms with van der Waals surface area (Å²) in [5.41, 5.74) is 6.85. The van der Waals surface area contributed by atoms with Gasteiger partial charge in [-0.05, 0) is 31.6 Å². The normalized spacial score (nSPS) is 17.3. The van der Waals surface area contributed by atoms with Crippen LogP contribution in [0.15, 0.2) is 0 Å². The van der Waals surface area contributed by atoms with E-state index in [1.54, 1.807) is 4.90 Å². The van der Waals surface area contributed by atoms with E-state index in [2.05, 4.69) is 18.8 Å². The Hall–Kier alpha value is -1.83. The van der Waals surface area contributed by atoms with Crippen LogP contribution in [-0.2, 0) is 27.1 Å². The van der Waals surface area contributed by atoms with Crippen molar-refractivity contribution in [3.8, 4) is 0 Å². The molecule has 0 aliphatic heterocycles. The van der Waals surface area contributed by atoms with Crippen LogP contribution >= 0.6 is 11.3 Å². The van der Waals surface area contributed by atoms with Crippen molar-refractivity contribution < 1.29 is 19.1 Å². The smallest absolute Gasteiger partial charge is 0.412 e. The molecule has 27 heavy (non-hydrogen) atoms. The highest BCUT2D eigenvalue weighted by atomic mass is 32.1. The maximum Gasteiger partial charge on any atom is 0.412 e. The highest BCUT2D eigenvalue weighted by molar-refractivity contribution is 7.15. The predicted molar refractivity (Wildman–Crippen MR) is 105 cm³/mol. The van der Waals surface area contributed by atoms with Gasteiger partial charge in [0.15, 0.2) is 5.13 Å². The average molecular weight is 398 g/mol. The summed E-state index contributed by atoms with van der Waals surface area (Å²) < 4.78 is 10.4. The molecular weight excluding hydrogens is 366 g/mol. The summed E-state index contributed by atoms with van der Waals surface area (Å²) >= 11 is 1.49. The van der Waals surface area contributed by atoms with Gasteiger partial charge >= 0.3 is 12.1 Å². The lowest BCUT2D eigenvalue weighted by Gasteiger charge is -2.32. The van der Waals surface area contributed by atoms with Crippen molar-refractivity contribution in [1.29, 1.82) is 0 Å². The quantitative estimate of drug-likeness (QED) is 0.532. The third-order valence-corrected chi connectivity index (χ3v) is 5.63. The Morgan fingerprint density at radius 1 is 1.33 bits per heavy atom. The van der Waals surface area contributed by atoms with E-state index in [9.17, 15) is 9.59 Å². The van der Waals surface area contributed by atoms with Gasteiger partial charge in [-0.1, -0.05) is 27.7 Å². The number of ether oxygens (including phenoxy) is 2. The van der Waals surface area contributed by atoms with Gasteiger partial charge in [-0.3, -0.25) is 4.79 Å². The van der Waals surface area contributed by atoms with E-state index in [0.29, 0.717) is 17.6 Å². The third-order valence-electron chi connectivity index (χ3n) is 4.68. The van der Waals surface area contributed by atoms with Gasteiger partial charge in [0, 0.05) is 23.9 Å². The van der Waals surface area contributed by atoms with E-state index < -0.39 is 6.09 Å². The molecule has 0 bridgehead atoms. The second-order valence-electron chi connectivity index (χ2n) is 7.53. The molecule has 1 aromatic heterocycles. The van der Waals surface area contributed by atoms with E-state index in [4.69, 9.17) is 15.2 Å². The molecule has 0 aromatic carbocycles. The zero-order valence-corrected chi connectivity index (χ0v) is 17.5. The Bertz CT molecular complexity index is 647. The van der Waals surface area contributed by atoms with Gasteiger partial charge in [-0.25, -0.2) is 9.78 Å². The highest BCUT2D eigenvalue weighted by Crippen LogP contribution is 2.30. The number of amides is 1. The van der Waals surface area contributed by atoms with Gasteiger partial charge in [-0.2, -0.15) is 0 Å². The molecule has 2 unspecified atom stereocenters. The van der Waals surface area contributed by atoms with Crippen LogP contribution in [0.2, 0.25) is 0 Å². The minimum absolute atomic E-state index is 0.0559. The first-order valence-corrected chi connectivity index (χ1v) is 10.5. The van der Waals surface area contributed by atoms with Crippen molar-refractivity contribution in [2.45, 2.75) is 65.8 Å². The van der Waals surface area contributed by atoms with Gasteiger partial charge < -0.3 is 20.1 Å². The second kappa shape index (κ2) is 9.92. The molecule has 7 nitrogen and oxygen atoms in total. The van der Waals surface area contributed by atoms with Crippen molar-refractivity contribution in [2.24, 2.45) is 11.8 Å². The molecule has 0 saturated heterocycles. The second-order valence-corrected chi connectivity index (χ2v) is 8.65. The fourth-order valence-corrected chi connectivity index (χ4v) is 4.42. The number of esters is 1. The summed E-state index contributed by atoms with van der Waals surface area (Å²) in [5.74, 6) is -0.128. The molecule has 2 N–H and O–H groups in total. The van der Waals surface area contributed by atoms with Gasteiger partial charge in [0.05, 0.1) is 11.6 Å². The molecule has 8 heteroatoms. The van der Waals surface area contributed by atoms with Crippen molar-refractivity contribution in [3.05, 3.63) is 10.6 Å². The molecule has 1 heterocycles. The number of rotatable bonds is 8. The number of carbonyl (C=O) groups is 2. The molecule has 2 atom stereocenters. The van der Waals surface area contributed by atoms with Crippen LogP contribution in [0.4, 0.5) is 9.93 Å². The van der Waals surface area contributed by atoms with Crippen LogP contribution in [-0.4, -0.2) is 41.3 Å². The maximum atomic E-state index is 12.6. The largest absolute Gasteiger partial charge is 0.428 e. The summed E-state index contributed by atoms with van der Waals surface area (Å²) in [4.78, 5) is 31.7. The molecule has 1 amide bonds. The molecular formula is C19H31N3O4S. The first-order chi connectivity index (χ1) is 12.8. The van der Waals surface area contributed by atoms with E-state index in [-0.39, 0.29) is 24.7 Å². The number of nitrogens with zero attached hydrogens (tertiary/aromatic N) is 2. The lowest BCUT2D eigenvalue weighted by Crippen LogP contribution is -2.44. The minimum atomic E-state index is -0.438. The number of fused-ring (bicyclic) bond motifs is 1. The molecule has 0 saturated carbocycles. The van der Waals surface area contributed by atoms with Crippen LogP contribution in [0.1, 0.15) is 57.5 Å². The summed E-state index contributed by atoms with van der Waals surface area (Å²) in [5, 5.41) is 0.577. The van der Waals surface area contributed by atoms with Crippen LogP contribution in [0.5, 0.6) is 0 Å². The van der Waals surface area contributed by atoms with Gasteiger partial charge in [0.1, 0.15) is 0 Å². The van der Waals surface area contributed by atoms with Gasteiger partial charge in [0.2, 0.25) is 6.79 Å². The number of nitrogen functional groups attached to an aromatic ring is 1. The Labute approximate surface area is 165 Å². The van der Waals surface area contributed by atoms with Crippen molar-refractivity contribution in [3.63, 3.8) is 0 Å². The van der Waals surface area contributed by atoms with Gasteiger partial charge in [-0.15, -0.1) is 11.3 Å². The van der Waals surface area contributed by atoms with Crippen LogP contribution in [0.3, 0.4) is 0 Å². The topological polar surface area (TPSA) is 94.8 Å². The number of thiazole rings is 1. The fourth-order valence-electron chi connectivity index (χ4n) is 3.47. The molecule has 2 rings (SSSR count). The van der Waals surface area contributed by atoms with Crippen LogP contribution < -0.4 is 5.73 Å². The summed E-state index contributed by atoms with van der Waals surface area (Å²) in [6.07, 6.45) is 3.52. The van der Waals surface area contributed by atoms with Crippen molar-refractivity contribution in [1.82, 2.24) is 9.88 Å². The van der Waals surface area contributed by atoms with Crippen molar-refractivity contribution in [2.75, 3.05) is 19.1 Å². The number of aromatic nitrogens is 1. The molecule has 1 aromatic rings. The van der Waals surface area contributed by atoms with E-state index in [1.165, 1.54) is 11.3 Å². The Morgan fingerprint density at radius 3 is 2.74 bits per heavy atom. The number of anilines is 1. The SMILES string of the molecule is CCCN(C(=O)OCOC(=O)C(C)CC(C)C)C1CCc2nc(N)sc2C1. The number of nitrogens with two attached hydrogens (primary N) is 1. The summed E-state index contributed by atoms with van der Waals surface area (Å²) in [7, 11) is 0. The molecule has 0 spiro atoms. The lowest BCUT2D eigenvalue weighted by atomic mass is 9.96. The molecule has 0 radical (unpaired) electrons. The molecule has 1 aliphatic rings. The number of hydrogen-bond donors (Lipinski definition) is 1. The summed E-state index contributed by atoms with van der Waals surface area (Å²) in [6.45, 7) is 8.22. The van der Waals surface area contributed by atoms with E-state index in [0.717, 1.165) is 42.7 Å². The standard InChI is InChI=1S/C19H31N3O4S/c1-5-8-22(14-6-7-15-16(10-14)27-18(20)21-15)19(24)26-11-25-17(23)13(4)9-12(2)3/h12-14H,5-11H2,1-4H3,(H2,20,21). The highest BCUT2D eigenvalue weighted by Gasteiger charge is 2.30. The van der Waals surface area contributed by atoms with Crippen LogP contribution in [0, 0.1) is 11.8 Å². The molecule has 1 aliphatic carbocycles. The Morgan fingerprint density at radius 2 is 2.07 bits per heavy atom. The maximum absolute atomic E-state index is 12.6. The number of hydrogen-bond acceptors (Lipinski definition) is 7. The van der Waals surface area contributed by atoms with Crippen molar-refractivity contribution >= 4 is 28.5 Å². The fraction of sp³-hybridized carbons (Fsp3) is 0.737. The zero-order chi connectivity index (χ0) is 20.0. The van der Waals surface area contributed by atoms with Gasteiger partial charge in [0.25, 0.3) is 0 Å². The number of aryl methyl sites for hydroxylation is 1. The molecule has 0 fully saturated rings. The first-order valence-electron chi connectivity index (χ1n) is 9.65. The first kappa shape index (κ1) is 21.5. The predicted octanol–water partition coefficient (Wildman–Crippen LogP) is 3.61. The Kier molecular flexibility index (Phi) is 7.89. The molecule has 152 valence electrons. The summed E-state index contributed by atoms with van der Waals surface area (Å²) in [6, 6.07) is 0.0559. The minimum Gasteiger partial charge on any atom is -0.428 e. The monoisotopic (exact) mass is 397 g/mol. The third kappa shape index (κ3) is 6.09. The van der Waals surface area contributed by atoms with E-state index in [1.807, 2.05) is 13.8 Å². The number of carbonyl (C=O) groups excluding carboxylic acids is 2. The van der Waals surface area contributed by atoms with E-state index >= 15 is 0 Å². The van der Waals surface area contributed by atoms with Crippen LogP contribution in [0.25, 0.3) is 0 Å². The Balaban J connectivity index is 1.87. The lowest BCUT2D eigenvalue weighted by molar-refractivity contribution is -0.157. The zero-order valence-electron chi connectivity index (χ0n) is 16.7. The average Bonchev–Trinajstić information content (AvgIpc) is 2.97.